The molecule has 1 N–H and O–H groups in total. The summed E-state index contributed by atoms with van der Waals surface area (Å²) >= 11 is 0. The topological polar surface area (TPSA) is 32.7 Å². The molecule has 0 aliphatic carbocycles. The van der Waals surface area contributed by atoms with E-state index in [0.717, 1.165) is 11.6 Å². The van der Waals surface area contributed by atoms with Crippen molar-refractivity contribution in [1.29, 1.82) is 0 Å². The van der Waals surface area contributed by atoms with Crippen molar-refractivity contribution >= 4 is 11.8 Å². The first-order valence-electron chi connectivity index (χ1n) is 9.60. The lowest BCUT2D eigenvalue weighted by Crippen LogP contribution is -2.56. The summed E-state index contributed by atoms with van der Waals surface area (Å²) in [5.74, 6) is -0.647. The minimum atomic E-state index is -4.87. The standard InChI is InChI=1S/C23H25F4NO2/c1-21(2,17-10-11-20(30-3)18(24)13-17)14-22(29,23(25,26)27)15-28-12-6-8-16-7-4-5-9-19(16)28/h4-11,13,29H,12,14-15H2,1-3H3. The van der Waals surface area contributed by atoms with Gasteiger partial charge in [-0.3, -0.25) is 0 Å². The minimum Gasteiger partial charge on any atom is -0.494 e. The number of methoxy groups -OCH3 is 1. The number of rotatable bonds is 6. The molecule has 30 heavy (non-hydrogen) atoms. The summed E-state index contributed by atoms with van der Waals surface area (Å²) in [6.07, 6.45) is -1.88. The average molecular weight is 423 g/mol. The Bertz CT molecular complexity index is 939. The van der Waals surface area contributed by atoms with Crippen molar-refractivity contribution in [3.05, 3.63) is 65.5 Å². The Morgan fingerprint density at radius 2 is 1.80 bits per heavy atom. The van der Waals surface area contributed by atoms with Crippen LogP contribution < -0.4 is 9.64 Å². The first-order valence-corrected chi connectivity index (χ1v) is 9.60. The number of hydrogen-bond donors (Lipinski definition) is 1. The molecule has 2 aromatic carbocycles. The first-order chi connectivity index (χ1) is 14.0. The van der Waals surface area contributed by atoms with Crippen LogP contribution >= 0.6 is 0 Å². The zero-order chi connectivity index (χ0) is 22.2. The van der Waals surface area contributed by atoms with Crippen LogP contribution in [0.3, 0.4) is 0 Å². The number of anilines is 1. The number of benzene rings is 2. The number of hydrogen-bond acceptors (Lipinski definition) is 3. The van der Waals surface area contributed by atoms with Crippen LogP contribution in [-0.2, 0) is 5.41 Å². The molecule has 0 fully saturated rings. The molecule has 0 spiro atoms. The van der Waals surface area contributed by atoms with Gasteiger partial charge in [0.15, 0.2) is 17.2 Å². The molecule has 3 nitrogen and oxygen atoms in total. The number of nitrogens with zero attached hydrogens (tertiary/aromatic N) is 1. The second-order valence-corrected chi connectivity index (χ2v) is 8.28. The lowest BCUT2D eigenvalue weighted by atomic mass is 9.74. The molecule has 0 aromatic heterocycles. The average Bonchev–Trinajstić information content (AvgIpc) is 2.67. The Balaban J connectivity index is 1.92. The van der Waals surface area contributed by atoms with E-state index in [0.29, 0.717) is 11.3 Å². The van der Waals surface area contributed by atoms with Crippen LogP contribution in [0, 0.1) is 5.82 Å². The molecule has 0 bridgehead atoms. The number of ether oxygens (including phenoxy) is 1. The fourth-order valence-electron chi connectivity index (χ4n) is 3.95. The molecule has 1 unspecified atom stereocenters. The fraction of sp³-hybridized carbons (Fsp3) is 0.391. The van der Waals surface area contributed by atoms with Crippen molar-refractivity contribution in [2.75, 3.05) is 25.1 Å². The number of halogens is 4. The van der Waals surface area contributed by atoms with Gasteiger partial charge in [0.25, 0.3) is 0 Å². The molecule has 0 amide bonds. The highest BCUT2D eigenvalue weighted by atomic mass is 19.4. The summed E-state index contributed by atoms with van der Waals surface area (Å²) in [4.78, 5) is 1.52. The van der Waals surface area contributed by atoms with Crippen LogP contribution in [0.5, 0.6) is 5.75 Å². The third-order valence-corrected chi connectivity index (χ3v) is 5.55. The zero-order valence-corrected chi connectivity index (χ0v) is 17.1. The van der Waals surface area contributed by atoms with Crippen LogP contribution in [0.25, 0.3) is 6.08 Å². The van der Waals surface area contributed by atoms with E-state index in [1.54, 1.807) is 32.1 Å². The highest BCUT2D eigenvalue weighted by molar-refractivity contribution is 5.71. The van der Waals surface area contributed by atoms with Crippen LogP contribution in [0.1, 0.15) is 31.4 Å². The van der Waals surface area contributed by atoms with Gasteiger partial charge in [-0.25, -0.2) is 4.39 Å². The normalized spacial score (nSPS) is 16.2. The Labute approximate surface area is 173 Å². The van der Waals surface area contributed by atoms with Crippen molar-refractivity contribution in [1.82, 2.24) is 0 Å². The van der Waals surface area contributed by atoms with Crippen molar-refractivity contribution in [3.63, 3.8) is 0 Å². The van der Waals surface area contributed by atoms with Gasteiger partial charge in [-0.2, -0.15) is 13.2 Å². The number of fused-ring (bicyclic) bond motifs is 1. The van der Waals surface area contributed by atoms with E-state index in [1.165, 1.54) is 24.1 Å². The molecule has 3 rings (SSSR count). The van der Waals surface area contributed by atoms with Gasteiger partial charge in [0, 0.05) is 12.2 Å². The number of aliphatic hydroxyl groups is 1. The first kappa shape index (κ1) is 22.2. The summed E-state index contributed by atoms with van der Waals surface area (Å²) in [6.45, 7) is 2.76. The molecule has 1 aliphatic rings. The number of alkyl halides is 3. The molecule has 1 aliphatic heterocycles. The van der Waals surface area contributed by atoms with Crippen LogP contribution in [0.15, 0.2) is 48.5 Å². The van der Waals surface area contributed by atoms with Crippen molar-refractivity contribution in [2.45, 2.75) is 37.5 Å². The lowest BCUT2D eigenvalue weighted by Gasteiger charge is -2.42. The van der Waals surface area contributed by atoms with Gasteiger partial charge in [-0.05, 0) is 41.2 Å². The highest BCUT2D eigenvalue weighted by Gasteiger charge is 2.56. The third kappa shape index (κ3) is 4.31. The molecule has 162 valence electrons. The summed E-state index contributed by atoms with van der Waals surface area (Å²) in [6, 6.07) is 11.2. The lowest BCUT2D eigenvalue weighted by molar-refractivity contribution is -0.262. The Morgan fingerprint density at radius 1 is 1.10 bits per heavy atom. The highest BCUT2D eigenvalue weighted by Crippen LogP contribution is 2.43. The maximum absolute atomic E-state index is 14.2. The van der Waals surface area contributed by atoms with E-state index in [4.69, 9.17) is 4.74 Å². The maximum atomic E-state index is 14.2. The molecular weight excluding hydrogens is 398 g/mol. The van der Waals surface area contributed by atoms with Gasteiger partial charge < -0.3 is 14.7 Å². The second-order valence-electron chi connectivity index (χ2n) is 8.28. The summed E-state index contributed by atoms with van der Waals surface area (Å²) in [5, 5.41) is 10.9. The van der Waals surface area contributed by atoms with E-state index in [1.807, 2.05) is 18.2 Å². The van der Waals surface area contributed by atoms with Crippen molar-refractivity contribution < 1.29 is 27.4 Å². The molecule has 1 atom stereocenters. The Kier molecular flexibility index (Phi) is 5.87. The van der Waals surface area contributed by atoms with Gasteiger partial charge in [0.1, 0.15) is 0 Å². The van der Waals surface area contributed by atoms with Crippen LogP contribution in [0.2, 0.25) is 0 Å². The monoisotopic (exact) mass is 423 g/mol. The van der Waals surface area contributed by atoms with Crippen molar-refractivity contribution in [2.24, 2.45) is 0 Å². The number of para-hydroxylation sites is 1. The van der Waals surface area contributed by atoms with E-state index < -0.39 is 36.0 Å². The van der Waals surface area contributed by atoms with Gasteiger partial charge >= 0.3 is 6.18 Å². The molecule has 0 radical (unpaired) electrons. The fourth-order valence-corrected chi connectivity index (χ4v) is 3.95. The van der Waals surface area contributed by atoms with Crippen LogP contribution in [-0.4, -0.2) is 37.1 Å². The predicted octanol–water partition coefficient (Wildman–Crippen LogP) is 5.33. The SMILES string of the molecule is COc1ccc(C(C)(C)CC(O)(CN2CC=Cc3ccccc32)C(F)(F)F)cc1F. The van der Waals surface area contributed by atoms with E-state index in [9.17, 15) is 22.7 Å². The second kappa shape index (κ2) is 7.95. The summed E-state index contributed by atoms with van der Waals surface area (Å²) < 4.78 is 61.3. The van der Waals surface area contributed by atoms with E-state index in [2.05, 4.69) is 0 Å². The largest absolute Gasteiger partial charge is 0.494 e. The molecule has 1 heterocycles. The predicted molar refractivity (Wildman–Crippen MR) is 109 cm³/mol. The molecule has 7 heteroatoms. The maximum Gasteiger partial charge on any atom is 0.418 e. The van der Waals surface area contributed by atoms with E-state index in [-0.39, 0.29) is 12.3 Å². The van der Waals surface area contributed by atoms with Gasteiger partial charge in [0.2, 0.25) is 0 Å². The van der Waals surface area contributed by atoms with Crippen molar-refractivity contribution in [3.8, 4) is 5.75 Å². The van der Waals surface area contributed by atoms with E-state index >= 15 is 0 Å². The summed E-state index contributed by atoms with van der Waals surface area (Å²) in [7, 11) is 1.32. The summed E-state index contributed by atoms with van der Waals surface area (Å²) in [5.41, 5.74) is -2.36. The molecular formula is C23H25F4NO2. The minimum absolute atomic E-state index is 0.0114. The van der Waals surface area contributed by atoms with Gasteiger partial charge in [-0.1, -0.05) is 50.3 Å². The van der Waals surface area contributed by atoms with Gasteiger partial charge in [-0.15, -0.1) is 0 Å². The number of β-amino-alcohol motifs (C(OH)–C–C–N with tert-alkyl or cyclic N) is 1. The zero-order valence-electron chi connectivity index (χ0n) is 17.1. The van der Waals surface area contributed by atoms with Gasteiger partial charge in [0.05, 0.1) is 13.7 Å². The molecule has 2 aromatic rings. The smallest absolute Gasteiger partial charge is 0.418 e. The Morgan fingerprint density at radius 3 is 2.43 bits per heavy atom. The Hall–Kier alpha value is -2.54. The third-order valence-electron chi connectivity index (χ3n) is 5.55. The van der Waals surface area contributed by atoms with Crippen LogP contribution in [0.4, 0.5) is 23.2 Å². The molecule has 0 saturated heterocycles. The molecule has 0 saturated carbocycles. The quantitative estimate of drug-likeness (QED) is 0.638.